The highest BCUT2D eigenvalue weighted by Gasteiger charge is 2.27. The highest BCUT2D eigenvalue weighted by molar-refractivity contribution is 7.89. The van der Waals surface area contributed by atoms with Crippen molar-refractivity contribution in [1.29, 1.82) is 0 Å². The third-order valence-electron chi connectivity index (χ3n) is 4.68. The fourth-order valence-corrected chi connectivity index (χ4v) is 4.48. The summed E-state index contributed by atoms with van der Waals surface area (Å²) in [5.74, 6) is -0.320. The number of ether oxygens (including phenoxy) is 1. The van der Waals surface area contributed by atoms with Crippen molar-refractivity contribution in [3.8, 4) is 5.75 Å². The van der Waals surface area contributed by atoms with Gasteiger partial charge in [0.25, 0.3) is 0 Å². The lowest BCUT2D eigenvalue weighted by atomic mass is 10.3. The van der Waals surface area contributed by atoms with Crippen LogP contribution in [0.25, 0.3) is 0 Å². The molecule has 0 unspecified atom stereocenters. The molecule has 156 valence electrons. The number of hydrogen-bond donors (Lipinski definition) is 1. The number of halogens is 1. The van der Waals surface area contributed by atoms with Crippen LogP contribution in [0.4, 0.5) is 14.9 Å². The van der Waals surface area contributed by atoms with Crippen LogP contribution in [0.15, 0.2) is 53.4 Å². The quantitative estimate of drug-likeness (QED) is 0.745. The summed E-state index contributed by atoms with van der Waals surface area (Å²) >= 11 is 0. The van der Waals surface area contributed by atoms with Crippen LogP contribution in [0.5, 0.6) is 5.75 Å². The molecule has 0 radical (unpaired) electrons. The van der Waals surface area contributed by atoms with Crippen LogP contribution >= 0.6 is 0 Å². The third kappa shape index (κ3) is 5.24. The number of carbonyl (C=O) groups excluding carboxylic acids is 1. The largest absolute Gasteiger partial charge is 0.489 e. The number of benzene rings is 2. The SMILES string of the molecule is CN(CCOc1ccccc1F)C(=O)Nc1ccc(S(=O)(=O)N2CCCC2)cc1. The van der Waals surface area contributed by atoms with Crippen LogP contribution in [0.2, 0.25) is 0 Å². The molecule has 0 aliphatic carbocycles. The summed E-state index contributed by atoms with van der Waals surface area (Å²) in [6.07, 6.45) is 1.75. The summed E-state index contributed by atoms with van der Waals surface area (Å²) in [5, 5.41) is 2.70. The van der Waals surface area contributed by atoms with E-state index in [2.05, 4.69) is 5.32 Å². The number of carbonyl (C=O) groups is 1. The van der Waals surface area contributed by atoms with Crippen LogP contribution in [-0.2, 0) is 10.0 Å². The fourth-order valence-electron chi connectivity index (χ4n) is 2.96. The smallest absolute Gasteiger partial charge is 0.321 e. The van der Waals surface area contributed by atoms with E-state index in [4.69, 9.17) is 4.74 Å². The zero-order valence-corrected chi connectivity index (χ0v) is 17.0. The maximum atomic E-state index is 13.5. The molecular weight excluding hydrogens is 397 g/mol. The van der Waals surface area contributed by atoms with E-state index in [1.54, 1.807) is 31.3 Å². The molecule has 29 heavy (non-hydrogen) atoms. The van der Waals surface area contributed by atoms with Crippen molar-refractivity contribution in [3.05, 3.63) is 54.3 Å². The number of amides is 2. The molecule has 1 saturated heterocycles. The fraction of sp³-hybridized carbons (Fsp3) is 0.350. The summed E-state index contributed by atoms with van der Waals surface area (Å²) in [6, 6.07) is 11.8. The molecule has 0 atom stereocenters. The molecule has 3 rings (SSSR count). The Hall–Kier alpha value is -2.65. The number of anilines is 1. The van der Waals surface area contributed by atoms with Gasteiger partial charge in [-0.2, -0.15) is 4.31 Å². The third-order valence-corrected chi connectivity index (χ3v) is 6.59. The van der Waals surface area contributed by atoms with E-state index < -0.39 is 15.8 Å². The van der Waals surface area contributed by atoms with Gasteiger partial charge in [-0.1, -0.05) is 12.1 Å². The zero-order chi connectivity index (χ0) is 20.9. The van der Waals surface area contributed by atoms with E-state index in [0.717, 1.165) is 12.8 Å². The Labute approximate surface area is 170 Å². The molecule has 1 aliphatic rings. The summed E-state index contributed by atoms with van der Waals surface area (Å²) in [4.78, 5) is 13.9. The van der Waals surface area contributed by atoms with Crippen LogP contribution in [0, 0.1) is 5.82 Å². The van der Waals surface area contributed by atoms with Gasteiger partial charge in [0.15, 0.2) is 11.6 Å². The predicted molar refractivity (Wildman–Crippen MR) is 108 cm³/mol. The number of hydrogen-bond acceptors (Lipinski definition) is 4. The number of nitrogens with one attached hydrogen (secondary N) is 1. The summed E-state index contributed by atoms with van der Waals surface area (Å²) in [7, 11) is -1.89. The second kappa shape index (κ2) is 9.23. The molecule has 2 aromatic carbocycles. The van der Waals surface area contributed by atoms with E-state index in [1.807, 2.05) is 0 Å². The van der Waals surface area contributed by atoms with E-state index in [-0.39, 0.29) is 29.8 Å². The topological polar surface area (TPSA) is 79.0 Å². The molecule has 7 nitrogen and oxygen atoms in total. The lowest BCUT2D eigenvalue weighted by Crippen LogP contribution is -2.34. The Kier molecular flexibility index (Phi) is 6.71. The second-order valence-corrected chi connectivity index (χ2v) is 8.70. The molecule has 1 aliphatic heterocycles. The average Bonchev–Trinajstić information content (AvgIpc) is 3.25. The molecule has 2 amide bonds. The van der Waals surface area contributed by atoms with E-state index >= 15 is 0 Å². The van der Waals surface area contributed by atoms with Gasteiger partial charge in [-0.25, -0.2) is 17.6 Å². The highest BCUT2D eigenvalue weighted by atomic mass is 32.2. The van der Waals surface area contributed by atoms with Crippen LogP contribution in [-0.4, -0.2) is 56.9 Å². The number of nitrogens with zero attached hydrogens (tertiary/aromatic N) is 2. The van der Waals surface area contributed by atoms with E-state index in [1.165, 1.54) is 33.5 Å². The van der Waals surface area contributed by atoms with Crippen molar-refractivity contribution in [1.82, 2.24) is 9.21 Å². The Morgan fingerprint density at radius 2 is 1.79 bits per heavy atom. The van der Waals surface area contributed by atoms with Crippen molar-refractivity contribution in [2.75, 3.05) is 38.6 Å². The van der Waals surface area contributed by atoms with Crippen molar-refractivity contribution in [3.63, 3.8) is 0 Å². The first-order valence-corrected chi connectivity index (χ1v) is 10.8. The first-order valence-electron chi connectivity index (χ1n) is 9.37. The van der Waals surface area contributed by atoms with Crippen LogP contribution in [0.1, 0.15) is 12.8 Å². The first-order chi connectivity index (χ1) is 13.9. The maximum absolute atomic E-state index is 13.5. The van der Waals surface area contributed by atoms with E-state index in [9.17, 15) is 17.6 Å². The van der Waals surface area contributed by atoms with Gasteiger partial charge < -0.3 is 15.0 Å². The summed E-state index contributed by atoms with van der Waals surface area (Å²) in [6.45, 7) is 1.47. The Balaban J connectivity index is 1.51. The maximum Gasteiger partial charge on any atom is 0.321 e. The minimum atomic E-state index is -3.48. The minimum Gasteiger partial charge on any atom is -0.489 e. The van der Waals surface area contributed by atoms with Gasteiger partial charge in [-0.05, 0) is 49.2 Å². The van der Waals surface area contributed by atoms with Gasteiger partial charge in [-0.15, -0.1) is 0 Å². The summed E-state index contributed by atoms with van der Waals surface area (Å²) < 4.78 is 45.4. The monoisotopic (exact) mass is 421 g/mol. The second-order valence-electron chi connectivity index (χ2n) is 6.77. The van der Waals surface area contributed by atoms with Gasteiger partial charge in [0.2, 0.25) is 10.0 Å². The standard InChI is InChI=1S/C20H24FN3O4S/c1-23(14-15-28-19-7-3-2-6-18(19)21)20(25)22-16-8-10-17(11-9-16)29(26,27)24-12-4-5-13-24/h2-3,6-11H,4-5,12-15H2,1H3,(H,22,25). The van der Waals surface area contributed by atoms with Crippen LogP contribution < -0.4 is 10.1 Å². The molecular formula is C20H24FN3O4S. The van der Waals surface area contributed by atoms with E-state index in [0.29, 0.717) is 18.8 Å². The highest BCUT2D eigenvalue weighted by Crippen LogP contribution is 2.22. The number of likely N-dealkylation sites (N-methyl/N-ethyl adjacent to an activating group) is 1. The van der Waals surface area contributed by atoms with Gasteiger partial charge in [0.1, 0.15) is 6.61 Å². The van der Waals surface area contributed by atoms with Gasteiger partial charge >= 0.3 is 6.03 Å². The van der Waals surface area contributed by atoms with Crippen LogP contribution in [0.3, 0.4) is 0 Å². The zero-order valence-electron chi connectivity index (χ0n) is 16.2. The number of sulfonamides is 1. The van der Waals surface area contributed by atoms with Gasteiger partial charge in [0.05, 0.1) is 11.4 Å². The molecule has 0 spiro atoms. The molecule has 1 N–H and O–H groups in total. The van der Waals surface area contributed by atoms with Crippen molar-refractivity contribution >= 4 is 21.7 Å². The first kappa shape index (κ1) is 21.1. The molecule has 0 bridgehead atoms. The predicted octanol–water partition coefficient (Wildman–Crippen LogP) is 3.15. The van der Waals surface area contributed by atoms with Gasteiger partial charge in [0, 0.05) is 25.8 Å². The molecule has 0 saturated carbocycles. The van der Waals surface area contributed by atoms with Crippen molar-refractivity contribution < 1.29 is 22.3 Å². The molecule has 1 fully saturated rings. The summed E-state index contributed by atoms with van der Waals surface area (Å²) in [5.41, 5.74) is 0.484. The number of urea groups is 1. The normalized spacial score (nSPS) is 14.6. The number of rotatable bonds is 7. The average molecular weight is 421 g/mol. The minimum absolute atomic E-state index is 0.135. The Morgan fingerprint density at radius 3 is 2.45 bits per heavy atom. The van der Waals surface area contributed by atoms with Crippen molar-refractivity contribution in [2.24, 2.45) is 0 Å². The molecule has 9 heteroatoms. The Morgan fingerprint density at radius 1 is 1.14 bits per heavy atom. The molecule has 1 heterocycles. The lowest BCUT2D eigenvalue weighted by Gasteiger charge is -2.19. The van der Waals surface area contributed by atoms with Gasteiger partial charge in [-0.3, -0.25) is 0 Å². The molecule has 0 aromatic heterocycles. The number of para-hydroxylation sites is 1. The Bertz CT molecular complexity index is 944. The lowest BCUT2D eigenvalue weighted by molar-refractivity contribution is 0.206. The van der Waals surface area contributed by atoms with Crippen molar-refractivity contribution in [2.45, 2.75) is 17.7 Å². The molecule has 2 aromatic rings.